The Labute approximate surface area is 156 Å². The zero-order valence-electron chi connectivity index (χ0n) is 14.1. The molecule has 2 aromatic rings. The average Bonchev–Trinajstić information content (AvgIpc) is 2.60. The van der Waals surface area contributed by atoms with Crippen molar-refractivity contribution >= 4 is 38.9 Å². The Kier molecular flexibility index (Phi) is 4.97. The van der Waals surface area contributed by atoms with Gasteiger partial charge in [-0.1, -0.05) is 11.6 Å². The van der Waals surface area contributed by atoms with Crippen molar-refractivity contribution in [1.29, 1.82) is 0 Å². The summed E-state index contributed by atoms with van der Waals surface area (Å²) in [4.78, 5) is 12.6. The molecule has 0 aromatic heterocycles. The molecule has 2 aromatic carbocycles. The Morgan fingerprint density at radius 3 is 2.58 bits per heavy atom. The van der Waals surface area contributed by atoms with Gasteiger partial charge in [-0.2, -0.15) is 0 Å². The fraction of sp³-hybridized carbons (Fsp3) is 0.235. The van der Waals surface area contributed by atoms with Gasteiger partial charge < -0.3 is 14.8 Å². The number of halogens is 1. The summed E-state index contributed by atoms with van der Waals surface area (Å²) >= 11 is 5.96. The quantitative estimate of drug-likeness (QED) is 0.858. The number of methoxy groups -OCH3 is 1. The Morgan fingerprint density at radius 2 is 1.96 bits per heavy atom. The van der Waals surface area contributed by atoms with E-state index in [2.05, 4.69) is 5.32 Å². The Hall–Kier alpha value is -2.45. The summed E-state index contributed by atoms with van der Waals surface area (Å²) in [6.07, 6.45) is 0.0713. The first-order valence-corrected chi connectivity index (χ1v) is 9.89. The van der Waals surface area contributed by atoms with Crippen molar-refractivity contribution in [3.05, 3.63) is 47.5 Å². The molecule has 0 bridgehead atoms. The predicted octanol–water partition coefficient (Wildman–Crippen LogP) is 2.51. The fourth-order valence-electron chi connectivity index (χ4n) is 2.57. The molecular weight excluding hydrogens is 380 g/mol. The van der Waals surface area contributed by atoms with E-state index >= 15 is 0 Å². The highest BCUT2D eigenvalue weighted by atomic mass is 35.5. The number of ether oxygens (including phenoxy) is 2. The van der Waals surface area contributed by atoms with Crippen molar-refractivity contribution in [1.82, 2.24) is 0 Å². The van der Waals surface area contributed by atoms with E-state index in [0.29, 0.717) is 22.1 Å². The molecule has 0 saturated carbocycles. The number of anilines is 2. The summed E-state index contributed by atoms with van der Waals surface area (Å²) in [6.45, 7) is -0.145. The van der Waals surface area contributed by atoms with Crippen LogP contribution < -0.4 is 19.1 Å². The summed E-state index contributed by atoms with van der Waals surface area (Å²) in [7, 11) is -2.06. The molecule has 0 fully saturated rings. The maximum atomic E-state index is 12.6. The number of hydrogen-bond acceptors (Lipinski definition) is 5. The first kappa shape index (κ1) is 18.3. The third-order valence-electron chi connectivity index (χ3n) is 3.84. The number of carbonyl (C=O) groups is 1. The maximum absolute atomic E-state index is 12.6. The lowest BCUT2D eigenvalue weighted by molar-refractivity contribution is -0.122. The van der Waals surface area contributed by atoms with Crippen LogP contribution in [0.5, 0.6) is 11.5 Å². The minimum Gasteiger partial charge on any atom is -0.497 e. The first-order valence-electron chi connectivity index (χ1n) is 7.67. The number of rotatable bonds is 4. The predicted molar refractivity (Wildman–Crippen MR) is 99.7 cm³/mol. The summed E-state index contributed by atoms with van der Waals surface area (Å²) in [5.41, 5.74) is 0.862. The second-order valence-electron chi connectivity index (χ2n) is 5.73. The van der Waals surface area contributed by atoms with Crippen LogP contribution in [0.3, 0.4) is 0 Å². The molecule has 0 spiro atoms. The van der Waals surface area contributed by atoms with Crippen LogP contribution in [0.15, 0.2) is 42.5 Å². The highest BCUT2D eigenvalue weighted by Gasteiger charge is 2.35. The van der Waals surface area contributed by atoms with Crippen LogP contribution in [0.1, 0.15) is 0 Å². The molecule has 1 N–H and O–H groups in total. The number of sulfonamides is 1. The third-order valence-corrected chi connectivity index (χ3v) is 5.22. The number of nitrogens with one attached hydrogen (secondary N) is 1. The van der Waals surface area contributed by atoms with Crippen molar-refractivity contribution in [2.75, 3.05) is 29.5 Å². The molecule has 0 radical (unpaired) electrons. The van der Waals surface area contributed by atoms with Crippen LogP contribution >= 0.6 is 11.6 Å². The van der Waals surface area contributed by atoms with Crippen molar-refractivity contribution in [3.8, 4) is 11.5 Å². The molecule has 1 atom stereocenters. The van der Waals surface area contributed by atoms with Gasteiger partial charge in [-0.05, 0) is 42.5 Å². The summed E-state index contributed by atoms with van der Waals surface area (Å²) < 4.78 is 36.2. The van der Waals surface area contributed by atoms with Crippen LogP contribution in [-0.2, 0) is 14.8 Å². The Morgan fingerprint density at radius 1 is 1.27 bits per heavy atom. The van der Waals surface area contributed by atoms with E-state index in [1.165, 1.54) is 6.07 Å². The molecule has 9 heteroatoms. The van der Waals surface area contributed by atoms with Crippen molar-refractivity contribution in [2.24, 2.45) is 0 Å². The molecule has 7 nitrogen and oxygen atoms in total. The zero-order valence-corrected chi connectivity index (χ0v) is 15.7. The zero-order chi connectivity index (χ0) is 18.9. The smallest absolute Gasteiger partial charge is 0.267 e. The van der Waals surface area contributed by atoms with Gasteiger partial charge in [0.05, 0.1) is 25.6 Å². The van der Waals surface area contributed by atoms with E-state index < -0.39 is 22.0 Å². The lowest BCUT2D eigenvalue weighted by atomic mass is 10.2. The molecule has 3 rings (SSSR count). The maximum Gasteiger partial charge on any atom is 0.267 e. The van der Waals surface area contributed by atoms with Gasteiger partial charge in [0.25, 0.3) is 5.91 Å². The second kappa shape index (κ2) is 7.05. The largest absolute Gasteiger partial charge is 0.497 e. The fourth-order valence-corrected chi connectivity index (χ4v) is 3.64. The number of benzene rings is 2. The molecule has 1 aliphatic heterocycles. The highest BCUT2D eigenvalue weighted by molar-refractivity contribution is 7.92. The lowest BCUT2D eigenvalue weighted by Gasteiger charge is -2.34. The normalized spacial score (nSPS) is 16.4. The number of amides is 1. The number of fused-ring (bicyclic) bond motifs is 1. The van der Waals surface area contributed by atoms with E-state index in [-0.39, 0.29) is 12.3 Å². The number of hydrogen-bond donors (Lipinski definition) is 1. The highest BCUT2D eigenvalue weighted by Crippen LogP contribution is 2.37. The second-order valence-corrected chi connectivity index (χ2v) is 8.07. The van der Waals surface area contributed by atoms with Gasteiger partial charge >= 0.3 is 0 Å². The van der Waals surface area contributed by atoms with Gasteiger partial charge in [-0.15, -0.1) is 0 Å². The van der Waals surface area contributed by atoms with Crippen LogP contribution in [0.4, 0.5) is 11.4 Å². The SMILES string of the molecule is COc1ccc(NC(=O)[C@@H]2CN(S(C)(=O)=O)c3cc(Cl)ccc3O2)cc1. The Balaban J connectivity index is 1.84. The van der Waals surface area contributed by atoms with Crippen LogP contribution in [-0.4, -0.2) is 40.3 Å². The minimum atomic E-state index is -3.61. The van der Waals surface area contributed by atoms with Gasteiger partial charge in [0.1, 0.15) is 11.5 Å². The van der Waals surface area contributed by atoms with E-state index in [9.17, 15) is 13.2 Å². The first-order chi connectivity index (χ1) is 12.3. The van der Waals surface area contributed by atoms with Crippen molar-refractivity contribution in [2.45, 2.75) is 6.10 Å². The minimum absolute atomic E-state index is 0.145. The van der Waals surface area contributed by atoms with Crippen LogP contribution in [0.25, 0.3) is 0 Å². The van der Waals surface area contributed by atoms with E-state index in [0.717, 1.165) is 10.6 Å². The van der Waals surface area contributed by atoms with Crippen molar-refractivity contribution < 1.29 is 22.7 Å². The molecule has 1 aliphatic rings. The lowest BCUT2D eigenvalue weighted by Crippen LogP contribution is -2.48. The summed E-state index contributed by atoms with van der Waals surface area (Å²) in [5.74, 6) is 0.483. The topological polar surface area (TPSA) is 84.9 Å². The Bertz CT molecular complexity index is 931. The van der Waals surface area contributed by atoms with Crippen LogP contribution in [0, 0.1) is 0 Å². The summed E-state index contributed by atoms with van der Waals surface area (Å²) in [6, 6.07) is 11.4. The molecule has 26 heavy (non-hydrogen) atoms. The van der Waals surface area contributed by atoms with Gasteiger partial charge in [-0.25, -0.2) is 8.42 Å². The molecule has 1 heterocycles. The standard InChI is InChI=1S/C17H17ClN2O5S/c1-24-13-6-4-12(5-7-13)19-17(21)16-10-20(26(2,22)23)14-9-11(18)3-8-15(14)25-16/h3-9,16H,10H2,1-2H3,(H,19,21)/t16-/m0/s1. The van der Waals surface area contributed by atoms with Gasteiger partial charge in [0.15, 0.2) is 6.10 Å². The van der Waals surface area contributed by atoms with Gasteiger partial charge in [-0.3, -0.25) is 9.10 Å². The molecule has 1 amide bonds. The molecule has 0 saturated heterocycles. The van der Waals surface area contributed by atoms with Crippen LogP contribution in [0.2, 0.25) is 5.02 Å². The average molecular weight is 397 g/mol. The van der Waals surface area contributed by atoms with Gasteiger partial charge in [0.2, 0.25) is 10.0 Å². The number of carbonyl (C=O) groups excluding carboxylic acids is 1. The van der Waals surface area contributed by atoms with Gasteiger partial charge in [0, 0.05) is 10.7 Å². The molecule has 0 unspecified atom stereocenters. The molecule has 0 aliphatic carbocycles. The third kappa shape index (κ3) is 3.86. The number of nitrogens with zero attached hydrogens (tertiary/aromatic N) is 1. The van der Waals surface area contributed by atoms with Crippen molar-refractivity contribution in [3.63, 3.8) is 0 Å². The molecule has 138 valence electrons. The van der Waals surface area contributed by atoms with E-state index in [1.807, 2.05) is 0 Å². The molecular formula is C17H17ClN2O5S. The monoisotopic (exact) mass is 396 g/mol. The summed E-state index contributed by atoms with van der Waals surface area (Å²) in [5, 5.41) is 3.09. The van der Waals surface area contributed by atoms with E-state index in [1.54, 1.807) is 43.5 Å². The van der Waals surface area contributed by atoms with E-state index in [4.69, 9.17) is 21.1 Å².